The van der Waals surface area contributed by atoms with E-state index in [1.54, 1.807) is 12.0 Å². The van der Waals surface area contributed by atoms with Crippen LogP contribution in [0.5, 0.6) is 0 Å². The van der Waals surface area contributed by atoms with Crippen LogP contribution in [-0.4, -0.2) is 95.9 Å². The molecule has 14 heteroatoms. The summed E-state index contributed by atoms with van der Waals surface area (Å²) < 4.78 is 15.8. The highest BCUT2D eigenvalue weighted by atomic mass is 16.8. The summed E-state index contributed by atoms with van der Waals surface area (Å²) in [6, 6.07) is 38.3. The van der Waals surface area contributed by atoms with Crippen molar-refractivity contribution in [1.82, 2.24) is 30.4 Å². The summed E-state index contributed by atoms with van der Waals surface area (Å²) >= 11 is 0. The molecule has 5 aliphatic rings. The summed E-state index contributed by atoms with van der Waals surface area (Å²) in [5.41, 5.74) is 20.4. The zero-order valence-electron chi connectivity index (χ0n) is 42.5. The third-order valence-corrected chi connectivity index (χ3v) is 16.4. The molecule has 6 aromatic rings. The molecule has 5 aromatic carbocycles. The van der Waals surface area contributed by atoms with Gasteiger partial charge in [-0.25, -0.2) is 14.8 Å². The maximum atomic E-state index is 14.4. The smallest absolute Gasteiger partial charge is 0.406 e. The molecule has 0 radical (unpaired) electrons. The van der Waals surface area contributed by atoms with E-state index >= 15 is 0 Å². The molecule has 5 N–H and O–H groups in total. The number of nitrogens with zero attached hydrogens (tertiary/aromatic N) is 4. The van der Waals surface area contributed by atoms with Crippen LogP contribution in [0.1, 0.15) is 116 Å². The van der Waals surface area contributed by atoms with E-state index in [4.69, 9.17) is 29.9 Å². The van der Waals surface area contributed by atoms with Crippen molar-refractivity contribution in [2.45, 2.75) is 113 Å². The number of likely N-dealkylation sites (tertiary alicyclic amines) is 2. The van der Waals surface area contributed by atoms with Gasteiger partial charge in [-0.3, -0.25) is 14.9 Å². The first-order valence-electron chi connectivity index (χ1n) is 26.4. The van der Waals surface area contributed by atoms with Crippen molar-refractivity contribution in [3.05, 3.63) is 155 Å². The van der Waals surface area contributed by atoms with Gasteiger partial charge in [0.2, 0.25) is 11.8 Å². The number of nitrogens with one attached hydrogen (secondary N) is 3. The standard InChI is InChI=1S/C60H66N8O6/c1-37(35-62-53(61)49-18-12-32-67(49)56(69)46(36-63-59(71)73-3)39-14-6-4-7-15-39)38-20-22-40(23-21-38)44-26-25-43(45-28-31-60(51(44)45)29-10-11-30-60)42-24-27-47-48(34-42)65-54(64-47)50-19-13-33-68(50)57(70)52(41-16-8-5-9-17-41)66-55-58(72-2)74-55/h4-9,14-17,20-27,34-35,46,49-50,52,55,58,66H,10-13,18-19,28-33,36H2,1-3H3,(H2,61,62)(H,63,71)(H,64,65)/b37-35+/t46-,49-,50-,52-,55?,58?/m0/s1. The van der Waals surface area contributed by atoms with E-state index in [0.29, 0.717) is 25.3 Å². The fraction of sp³-hybridized carbons (Fsp3) is 0.383. The molecule has 3 amide bonds. The number of nitrogens with two attached hydrogens (primary N) is 1. The number of aromatic nitrogens is 2. The quantitative estimate of drug-likeness (QED) is 0.0443. The van der Waals surface area contributed by atoms with Gasteiger partial charge in [-0.05, 0) is 131 Å². The third kappa shape index (κ3) is 9.62. The molecule has 0 bridgehead atoms. The molecular formula is C60H66N8O6. The Labute approximate surface area is 432 Å². The lowest BCUT2D eigenvalue weighted by Crippen LogP contribution is -2.47. The van der Waals surface area contributed by atoms with Crippen LogP contribution in [0.15, 0.2) is 126 Å². The summed E-state index contributed by atoms with van der Waals surface area (Å²) in [6.45, 7) is 3.36. The van der Waals surface area contributed by atoms with Crippen LogP contribution in [0.4, 0.5) is 4.79 Å². The van der Waals surface area contributed by atoms with E-state index < -0.39 is 18.1 Å². The topological polar surface area (TPSA) is 180 Å². The molecule has 4 fully saturated rings. The number of methoxy groups -OCH3 is 2. The molecule has 11 rings (SSSR count). The fourth-order valence-electron chi connectivity index (χ4n) is 12.5. The minimum Gasteiger partial charge on any atom is -0.453 e. The fourth-order valence-corrected chi connectivity index (χ4v) is 12.5. The Morgan fingerprint density at radius 2 is 1.54 bits per heavy atom. The lowest BCUT2D eigenvalue weighted by molar-refractivity contribution is -0.135. The number of carbonyl (C=O) groups excluding carboxylic acids is 3. The molecule has 1 aromatic heterocycles. The Bertz CT molecular complexity index is 3090. The van der Waals surface area contributed by atoms with Crippen LogP contribution >= 0.6 is 0 Å². The van der Waals surface area contributed by atoms with Gasteiger partial charge >= 0.3 is 6.09 Å². The number of aromatic amines is 1. The molecule has 2 unspecified atom stereocenters. The van der Waals surface area contributed by atoms with Crippen molar-refractivity contribution in [3.8, 4) is 22.3 Å². The molecule has 3 aliphatic heterocycles. The average molecular weight is 995 g/mol. The summed E-state index contributed by atoms with van der Waals surface area (Å²) in [7, 11) is 2.92. The number of fused-ring (bicyclic) bond motifs is 3. The normalized spacial score (nSPS) is 22.0. The second-order valence-electron chi connectivity index (χ2n) is 20.7. The maximum absolute atomic E-state index is 14.4. The minimum atomic E-state index is -0.591. The highest BCUT2D eigenvalue weighted by molar-refractivity contribution is 5.94. The number of hydrogen-bond acceptors (Lipinski definition) is 9. The molecule has 4 heterocycles. The Morgan fingerprint density at radius 3 is 2.27 bits per heavy atom. The van der Waals surface area contributed by atoms with E-state index in [-0.39, 0.29) is 48.4 Å². The highest BCUT2D eigenvalue weighted by Crippen LogP contribution is 2.55. The predicted molar refractivity (Wildman–Crippen MR) is 287 cm³/mol. The monoisotopic (exact) mass is 995 g/mol. The van der Waals surface area contributed by atoms with Gasteiger partial charge < -0.3 is 40.0 Å². The molecule has 382 valence electrons. The number of benzene rings is 5. The van der Waals surface area contributed by atoms with Gasteiger partial charge in [0.25, 0.3) is 0 Å². The first kappa shape index (κ1) is 49.1. The van der Waals surface area contributed by atoms with Gasteiger partial charge in [0.15, 0.2) is 12.5 Å². The molecule has 6 atom stereocenters. The molecule has 1 saturated carbocycles. The van der Waals surface area contributed by atoms with Gasteiger partial charge in [0, 0.05) is 32.9 Å². The Balaban J connectivity index is 0.824. The number of amidine groups is 1. The lowest BCUT2D eigenvalue weighted by atomic mass is 9.76. The summed E-state index contributed by atoms with van der Waals surface area (Å²) in [5, 5.41) is 6.12. The third-order valence-electron chi connectivity index (χ3n) is 16.4. The van der Waals surface area contributed by atoms with Crippen LogP contribution < -0.4 is 16.4 Å². The van der Waals surface area contributed by atoms with Gasteiger partial charge in [-0.1, -0.05) is 116 Å². The first-order chi connectivity index (χ1) is 36.1. The van der Waals surface area contributed by atoms with Crippen molar-refractivity contribution in [1.29, 1.82) is 0 Å². The molecule has 1 spiro atoms. The number of carbonyl (C=O) groups is 3. The number of ether oxygens (including phenoxy) is 3. The van der Waals surface area contributed by atoms with Crippen molar-refractivity contribution in [2.75, 3.05) is 33.9 Å². The zero-order chi connectivity index (χ0) is 50.9. The number of amides is 3. The number of alkyl carbamates (subject to hydrolysis) is 1. The van der Waals surface area contributed by atoms with Crippen molar-refractivity contribution in [2.24, 2.45) is 10.7 Å². The predicted octanol–water partition coefficient (Wildman–Crippen LogP) is 9.83. The van der Waals surface area contributed by atoms with Crippen LogP contribution in [0.2, 0.25) is 0 Å². The van der Waals surface area contributed by atoms with Gasteiger partial charge in [0.1, 0.15) is 17.7 Å². The summed E-state index contributed by atoms with van der Waals surface area (Å²) in [5.74, 6) is 0.512. The summed E-state index contributed by atoms with van der Waals surface area (Å²) in [6.07, 6.45) is 10.9. The number of aliphatic imine (C=N–C) groups is 1. The largest absolute Gasteiger partial charge is 0.453 e. The number of imidazole rings is 1. The zero-order valence-corrected chi connectivity index (χ0v) is 42.5. The Kier molecular flexibility index (Phi) is 13.9. The number of epoxide rings is 1. The molecular weight excluding hydrogens is 929 g/mol. The van der Waals surface area contributed by atoms with Gasteiger partial charge in [-0.2, -0.15) is 0 Å². The minimum absolute atomic E-state index is 0.00230. The molecule has 2 aliphatic carbocycles. The Morgan fingerprint density at radius 1 is 0.838 bits per heavy atom. The van der Waals surface area contributed by atoms with Crippen molar-refractivity contribution < 1.29 is 28.6 Å². The second-order valence-corrected chi connectivity index (χ2v) is 20.7. The second kappa shape index (κ2) is 21.0. The van der Waals surface area contributed by atoms with E-state index in [2.05, 4.69) is 70.2 Å². The number of allylic oxidation sites excluding steroid dienone is 1. The highest BCUT2D eigenvalue weighted by Gasteiger charge is 2.46. The SMILES string of the molecule is COC(=O)NC[C@H](C(=O)N1CCC[C@H]1C(N)=N/C=C(\C)c1ccc(-c2ccc(-c3ccc4nc([C@@H]5CCCN5C(=O)[C@@H](NC5OC5OC)c5ccccc5)[nH]c4c3)c3c2C2(CCCC2)CC3)cc1)c1ccccc1. The Hall–Kier alpha value is -7.13. The van der Waals surface area contributed by atoms with Crippen LogP contribution in [0.25, 0.3) is 38.9 Å². The first-order valence-corrected chi connectivity index (χ1v) is 26.4. The van der Waals surface area contributed by atoms with Gasteiger partial charge in [0.05, 0.1) is 36.1 Å². The van der Waals surface area contributed by atoms with E-state index in [0.717, 1.165) is 71.2 Å². The molecule has 3 saturated heterocycles. The molecule has 14 nitrogen and oxygen atoms in total. The van der Waals surface area contributed by atoms with Crippen LogP contribution in [-0.2, 0) is 35.6 Å². The number of H-pyrrole nitrogens is 1. The lowest BCUT2D eigenvalue weighted by Gasteiger charge is -2.29. The van der Waals surface area contributed by atoms with Crippen LogP contribution in [0.3, 0.4) is 0 Å². The van der Waals surface area contributed by atoms with Crippen molar-refractivity contribution in [3.63, 3.8) is 0 Å². The van der Waals surface area contributed by atoms with Crippen LogP contribution in [0, 0.1) is 0 Å². The van der Waals surface area contributed by atoms with E-state index in [1.165, 1.54) is 66.2 Å². The van der Waals surface area contributed by atoms with Crippen molar-refractivity contribution >= 4 is 40.3 Å². The number of rotatable bonds is 15. The van der Waals surface area contributed by atoms with E-state index in [9.17, 15) is 14.4 Å². The average Bonchev–Trinajstić information content (AvgIpc) is 4.13. The summed E-state index contributed by atoms with van der Waals surface area (Å²) in [4.78, 5) is 57.9. The maximum Gasteiger partial charge on any atom is 0.406 e. The van der Waals surface area contributed by atoms with E-state index in [1.807, 2.05) is 78.7 Å². The number of hydrogen-bond donors (Lipinski definition) is 4. The molecule has 74 heavy (non-hydrogen) atoms. The van der Waals surface area contributed by atoms with Gasteiger partial charge in [-0.15, -0.1) is 0 Å².